The summed E-state index contributed by atoms with van der Waals surface area (Å²) in [5, 5.41) is 3.48. The Bertz CT molecular complexity index is 266. The van der Waals surface area contributed by atoms with Gasteiger partial charge in [-0.05, 0) is 38.3 Å². The van der Waals surface area contributed by atoms with Gasteiger partial charge in [-0.15, -0.1) is 6.58 Å². The minimum Gasteiger partial charge on any atom is -0.314 e. The third kappa shape index (κ3) is 5.38. The largest absolute Gasteiger partial charge is 0.314 e. The molecule has 1 heteroatoms. The van der Waals surface area contributed by atoms with Crippen molar-refractivity contribution in [1.29, 1.82) is 0 Å². The van der Waals surface area contributed by atoms with E-state index >= 15 is 0 Å². The average molecular weight is 203 g/mol. The Hall–Kier alpha value is -1.08. The molecule has 0 aromatic heterocycles. The molecular formula is C14H21N. The highest BCUT2D eigenvalue weighted by molar-refractivity contribution is 5.14. The summed E-state index contributed by atoms with van der Waals surface area (Å²) in [5.41, 5.74) is 1.43. The molecule has 0 saturated heterocycles. The predicted octanol–water partition coefficient (Wildman–Crippen LogP) is 3.17. The van der Waals surface area contributed by atoms with E-state index in [1.165, 1.54) is 12.0 Å². The van der Waals surface area contributed by atoms with Crippen LogP contribution in [0.3, 0.4) is 0 Å². The van der Waals surface area contributed by atoms with E-state index < -0.39 is 0 Å². The molecule has 0 aliphatic carbocycles. The third-order valence-electron chi connectivity index (χ3n) is 2.55. The molecule has 1 unspecified atom stereocenters. The Labute approximate surface area is 93.2 Å². The van der Waals surface area contributed by atoms with Gasteiger partial charge in [-0.25, -0.2) is 0 Å². The van der Waals surface area contributed by atoms with Crippen molar-refractivity contribution < 1.29 is 0 Å². The monoisotopic (exact) mass is 203 g/mol. The lowest BCUT2D eigenvalue weighted by Crippen LogP contribution is -2.27. The SMILES string of the molecule is C=CCCNC(C)CCc1ccccc1. The normalized spacial score (nSPS) is 12.3. The van der Waals surface area contributed by atoms with Crippen molar-refractivity contribution in [3.05, 3.63) is 48.6 Å². The first kappa shape index (κ1) is 12.0. The van der Waals surface area contributed by atoms with Crippen LogP contribution in [0.25, 0.3) is 0 Å². The highest BCUT2D eigenvalue weighted by Crippen LogP contribution is 2.04. The van der Waals surface area contributed by atoms with E-state index in [4.69, 9.17) is 0 Å². The molecule has 0 aliphatic rings. The van der Waals surface area contributed by atoms with Gasteiger partial charge in [0.15, 0.2) is 0 Å². The van der Waals surface area contributed by atoms with E-state index in [2.05, 4.69) is 49.2 Å². The highest BCUT2D eigenvalue weighted by atomic mass is 14.9. The molecule has 1 atom stereocenters. The molecule has 15 heavy (non-hydrogen) atoms. The zero-order chi connectivity index (χ0) is 10.9. The molecule has 0 saturated carbocycles. The maximum atomic E-state index is 3.71. The lowest BCUT2D eigenvalue weighted by atomic mass is 10.1. The number of hydrogen-bond donors (Lipinski definition) is 1. The number of aryl methyl sites for hydroxylation is 1. The van der Waals surface area contributed by atoms with E-state index in [1.54, 1.807) is 0 Å². The van der Waals surface area contributed by atoms with Crippen LogP contribution in [0.15, 0.2) is 43.0 Å². The standard InChI is InChI=1S/C14H21N/c1-3-4-12-15-13(2)10-11-14-8-6-5-7-9-14/h3,5-9,13,15H,1,4,10-12H2,2H3. The van der Waals surface area contributed by atoms with Crippen molar-refractivity contribution in [2.75, 3.05) is 6.54 Å². The lowest BCUT2D eigenvalue weighted by molar-refractivity contribution is 0.520. The molecule has 0 spiro atoms. The fourth-order valence-corrected chi connectivity index (χ4v) is 1.56. The topological polar surface area (TPSA) is 12.0 Å². The number of hydrogen-bond acceptors (Lipinski definition) is 1. The first-order chi connectivity index (χ1) is 7.33. The van der Waals surface area contributed by atoms with Gasteiger partial charge < -0.3 is 5.32 Å². The van der Waals surface area contributed by atoms with Gasteiger partial charge >= 0.3 is 0 Å². The molecule has 0 heterocycles. The van der Waals surface area contributed by atoms with Crippen molar-refractivity contribution in [3.8, 4) is 0 Å². The van der Waals surface area contributed by atoms with Crippen LogP contribution in [0.1, 0.15) is 25.3 Å². The predicted molar refractivity (Wildman–Crippen MR) is 67.0 cm³/mol. The molecule has 0 amide bonds. The van der Waals surface area contributed by atoms with Crippen LogP contribution in [0.5, 0.6) is 0 Å². The Morgan fingerprint density at radius 2 is 2.07 bits per heavy atom. The van der Waals surface area contributed by atoms with Crippen molar-refractivity contribution in [3.63, 3.8) is 0 Å². The number of nitrogens with one attached hydrogen (secondary N) is 1. The molecule has 0 aliphatic heterocycles. The van der Waals surface area contributed by atoms with Crippen LogP contribution in [0.2, 0.25) is 0 Å². The Kier molecular flexibility index (Phi) is 5.79. The fraction of sp³-hybridized carbons (Fsp3) is 0.429. The van der Waals surface area contributed by atoms with Crippen LogP contribution in [-0.2, 0) is 6.42 Å². The van der Waals surface area contributed by atoms with E-state index in [-0.39, 0.29) is 0 Å². The smallest absolute Gasteiger partial charge is 0.00420 e. The zero-order valence-electron chi connectivity index (χ0n) is 9.58. The summed E-state index contributed by atoms with van der Waals surface area (Å²) in [6.07, 6.45) is 5.36. The van der Waals surface area contributed by atoms with Gasteiger partial charge in [-0.3, -0.25) is 0 Å². The molecule has 0 radical (unpaired) electrons. The summed E-state index contributed by atoms with van der Waals surface area (Å²) in [5.74, 6) is 0. The molecule has 0 fully saturated rings. The number of benzene rings is 1. The van der Waals surface area contributed by atoms with Gasteiger partial charge in [0.05, 0.1) is 0 Å². The molecule has 1 aromatic rings. The first-order valence-electron chi connectivity index (χ1n) is 5.71. The summed E-state index contributed by atoms with van der Waals surface area (Å²) in [6.45, 7) is 6.99. The van der Waals surface area contributed by atoms with Gasteiger partial charge in [-0.2, -0.15) is 0 Å². The molecule has 0 bridgehead atoms. The van der Waals surface area contributed by atoms with Crippen molar-refractivity contribution in [2.24, 2.45) is 0 Å². The maximum Gasteiger partial charge on any atom is 0.00420 e. The van der Waals surface area contributed by atoms with E-state index in [1.807, 2.05) is 6.08 Å². The molecule has 1 N–H and O–H groups in total. The molecular weight excluding hydrogens is 182 g/mol. The maximum absolute atomic E-state index is 3.71. The Morgan fingerprint density at radius 3 is 2.73 bits per heavy atom. The third-order valence-corrected chi connectivity index (χ3v) is 2.55. The van der Waals surface area contributed by atoms with Crippen molar-refractivity contribution >= 4 is 0 Å². The van der Waals surface area contributed by atoms with Crippen molar-refractivity contribution in [2.45, 2.75) is 32.2 Å². The molecule has 1 nitrogen and oxygen atoms in total. The second-order valence-electron chi connectivity index (χ2n) is 3.96. The quantitative estimate of drug-likeness (QED) is 0.530. The Balaban J connectivity index is 2.16. The van der Waals surface area contributed by atoms with Crippen LogP contribution in [-0.4, -0.2) is 12.6 Å². The lowest BCUT2D eigenvalue weighted by Gasteiger charge is -2.12. The highest BCUT2D eigenvalue weighted by Gasteiger charge is 2.00. The zero-order valence-corrected chi connectivity index (χ0v) is 9.58. The summed E-state index contributed by atoms with van der Waals surface area (Å²) in [7, 11) is 0. The van der Waals surface area contributed by atoms with Crippen LogP contribution >= 0.6 is 0 Å². The van der Waals surface area contributed by atoms with Crippen LogP contribution in [0.4, 0.5) is 0 Å². The van der Waals surface area contributed by atoms with Gasteiger partial charge in [0.25, 0.3) is 0 Å². The van der Waals surface area contributed by atoms with Crippen LogP contribution < -0.4 is 5.32 Å². The second kappa shape index (κ2) is 7.24. The summed E-state index contributed by atoms with van der Waals surface area (Å²) in [6, 6.07) is 11.2. The molecule has 82 valence electrons. The molecule has 1 aromatic carbocycles. The fourth-order valence-electron chi connectivity index (χ4n) is 1.56. The number of rotatable bonds is 7. The minimum absolute atomic E-state index is 0.588. The van der Waals surface area contributed by atoms with Gasteiger partial charge in [0, 0.05) is 6.04 Å². The second-order valence-corrected chi connectivity index (χ2v) is 3.96. The molecule has 1 rings (SSSR count). The first-order valence-corrected chi connectivity index (χ1v) is 5.71. The van der Waals surface area contributed by atoms with E-state index in [0.29, 0.717) is 6.04 Å². The van der Waals surface area contributed by atoms with E-state index in [9.17, 15) is 0 Å². The minimum atomic E-state index is 0.588. The van der Waals surface area contributed by atoms with E-state index in [0.717, 1.165) is 19.4 Å². The van der Waals surface area contributed by atoms with Gasteiger partial charge in [0.2, 0.25) is 0 Å². The van der Waals surface area contributed by atoms with Gasteiger partial charge in [-0.1, -0.05) is 36.4 Å². The summed E-state index contributed by atoms with van der Waals surface area (Å²) < 4.78 is 0. The Morgan fingerprint density at radius 1 is 1.33 bits per heavy atom. The summed E-state index contributed by atoms with van der Waals surface area (Å²) in [4.78, 5) is 0. The average Bonchev–Trinajstić information content (AvgIpc) is 2.28. The summed E-state index contributed by atoms with van der Waals surface area (Å²) >= 11 is 0. The van der Waals surface area contributed by atoms with Crippen molar-refractivity contribution in [1.82, 2.24) is 5.32 Å². The van der Waals surface area contributed by atoms with Gasteiger partial charge in [0.1, 0.15) is 0 Å². The van der Waals surface area contributed by atoms with Crippen LogP contribution in [0, 0.1) is 0 Å².